The molecule has 2 saturated heterocycles. The van der Waals surface area contributed by atoms with Crippen LogP contribution in [-0.2, 0) is 0 Å². The lowest BCUT2D eigenvalue weighted by Gasteiger charge is -2.32. The molecule has 3 aromatic rings. The zero-order valence-corrected chi connectivity index (χ0v) is 20.7. The van der Waals surface area contributed by atoms with Crippen molar-refractivity contribution in [1.29, 1.82) is 0 Å². The van der Waals surface area contributed by atoms with Gasteiger partial charge in [-0.3, -0.25) is 0 Å². The maximum Gasteiger partial charge on any atom is 0.321 e. The van der Waals surface area contributed by atoms with Crippen molar-refractivity contribution in [3.05, 3.63) is 77.6 Å². The predicted octanol–water partition coefficient (Wildman–Crippen LogP) is 5.26. The van der Waals surface area contributed by atoms with Crippen LogP contribution in [0.15, 0.2) is 67.0 Å². The van der Waals surface area contributed by atoms with Gasteiger partial charge in [-0.15, -0.1) is 0 Å². The van der Waals surface area contributed by atoms with Crippen LogP contribution in [0, 0.1) is 0 Å². The quantitative estimate of drug-likeness (QED) is 0.528. The minimum absolute atomic E-state index is 0.0296. The first kappa shape index (κ1) is 23.4. The monoisotopic (exact) mass is 490 g/mol. The first-order chi connectivity index (χ1) is 17.1. The number of piperidine rings is 1. The number of rotatable bonds is 5. The van der Waals surface area contributed by atoms with Crippen molar-refractivity contribution in [2.45, 2.75) is 31.2 Å². The van der Waals surface area contributed by atoms with Crippen molar-refractivity contribution >= 4 is 35.0 Å². The summed E-state index contributed by atoms with van der Waals surface area (Å²) in [5.74, 6) is 1.24. The number of carbonyl (C=O) groups excluding carboxylic acids is 1. The van der Waals surface area contributed by atoms with Gasteiger partial charge >= 0.3 is 6.03 Å². The number of aromatic nitrogens is 2. The molecule has 0 unspecified atom stereocenters. The van der Waals surface area contributed by atoms with Gasteiger partial charge < -0.3 is 20.0 Å². The standard InChI is InChI=1S/C27H31ClN6O/c1-32(26-29-14-2-15-30-26)25-13-18-34(19-25)24-9-7-23(8-10-24)31-27(35)33-16-11-21(12-17-33)20-3-5-22(28)6-4-20/h2-10,14-15,21,25H,11-13,16-19H2,1H3,(H,31,35)/t25-/m1/s1. The molecule has 0 radical (unpaired) electrons. The lowest BCUT2D eigenvalue weighted by molar-refractivity contribution is 0.194. The number of amides is 2. The number of urea groups is 1. The van der Waals surface area contributed by atoms with Crippen LogP contribution in [0.5, 0.6) is 0 Å². The molecule has 2 amide bonds. The first-order valence-corrected chi connectivity index (χ1v) is 12.6. The number of likely N-dealkylation sites (N-methyl/N-ethyl adjacent to an activating group) is 1. The number of hydrogen-bond acceptors (Lipinski definition) is 5. The van der Waals surface area contributed by atoms with Gasteiger partial charge in [0.05, 0.1) is 6.04 Å². The minimum Gasteiger partial charge on any atom is -0.369 e. The molecule has 2 aliphatic heterocycles. The summed E-state index contributed by atoms with van der Waals surface area (Å²) in [5, 5.41) is 3.83. The van der Waals surface area contributed by atoms with E-state index in [1.807, 2.05) is 35.2 Å². The van der Waals surface area contributed by atoms with E-state index in [4.69, 9.17) is 11.6 Å². The molecule has 1 atom stereocenters. The summed E-state index contributed by atoms with van der Waals surface area (Å²) in [6.07, 6.45) is 6.54. The summed E-state index contributed by atoms with van der Waals surface area (Å²) in [7, 11) is 2.06. The van der Waals surface area contributed by atoms with E-state index in [1.54, 1.807) is 12.4 Å². The van der Waals surface area contributed by atoms with Crippen LogP contribution >= 0.6 is 11.6 Å². The average Bonchev–Trinajstić information content (AvgIpc) is 3.40. The summed E-state index contributed by atoms with van der Waals surface area (Å²) >= 11 is 6.01. The van der Waals surface area contributed by atoms with E-state index in [9.17, 15) is 4.79 Å². The second kappa shape index (κ2) is 10.5. The van der Waals surface area contributed by atoms with Crippen LogP contribution < -0.4 is 15.1 Å². The van der Waals surface area contributed by atoms with E-state index < -0.39 is 0 Å². The third-order valence-corrected chi connectivity index (χ3v) is 7.44. The molecule has 5 rings (SSSR count). The topological polar surface area (TPSA) is 64.6 Å². The molecule has 1 N–H and O–H groups in total. The number of nitrogens with one attached hydrogen (secondary N) is 1. The highest BCUT2D eigenvalue weighted by atomic mass is 35.5. The Morgan fingerprint density at radius 1 is 0.971 bits per heavy atom. The number of benzene rings is 2. The van der Waals surface area contributed by atoms with E-state index in [0.717, 1.165) is 67.8 Å². The van der Waals surface area contributed by atoms with Gasteiger partial charge in [0.25, 0.3) is 0 Å². The highest BCUT2D eigenvalue weighted by Gasteiger charge is 2.27. The number of carbonyl (C=O) groups is 1. The Hall–Kier alpha value is -3.32. The molecule has 7 nitrogen and oxygen atoms in total. The van der Waals surface area contributed by atoms with Crippen molar-refractivity contribution < 1.29 is 4.79 Å². The predicted molar refractivity (Wildman–Crippen MR) is 142 cm³/mol. The van der Waals surface area contributed by atoms with Crippen molar-refractivity contribution in [2.75, 3.05) is 48.3 Å². The number of likely N-dealkylation sites (tertiary alicyclic amines) is 1. The van der Waals surface area contributed by atoms with Crippen molar-refractivity contribution in [3.8, 4) is 0 Å². The Kier molecular flexibility index (Phi) is 7.04. The molecule has 1 aromatic heterocycles. The first-order valence-electron chi connectivity index (χ1n) is 12.2. The summed E-state index contributed by atoms with van der Waals surface area (Å²) < 4.78 is 0. The molecule has 0 spiro atoms. The van der Waals surface area contributed by atoms with Crippen LogP contribution in [0.1, 0.15) is 30.7 Å². The smallest absolute Gasteiger partial charge is 0.321 e. The molecule has 182 valence electrons. The summed E-state index contributed by atoms with van der Waals surface area (Å²) in [6, 6.07) is 18.4. The summed E-state index contributed by atoms with van der Waals surface area (Å²) in [4.78, 5) is 28.0. The SMILES string of the molecule is CN(c1ncccn1)[C@@H]1CCN(c2ccc(NC(=O)N3CCC(c4ccc(Cl)cc4)CC3)cc2)C1. The van der Waals surface area contributed by atoms with Gasteiger partial charge in [-0.1, -0.05) is 23.7 Å². The Labute approximate surface area is 211 Å². The van der Waals surface area contributed by atoms with Gasteiger partial charge in [-0.25, -0.2) is 14.8 Å². The lowest BCUT2D eigenvalue weighted by atomic mass is 9.89. The van der Waals surface area contributed by atoms with Gasteiger partial charge in [0, 0.05) is 62.0 Å². The Bertz CT molecular complexity index is 1120. The number of anilines is 3. The fraction of sp³-hybridized carbons (Fsp3) is 0.370. The molecular formula is C27H31ClN6O. The molecule has 2 aromatic carbocycles. The maximum absolute atomic E-state index is 12.8. The second-order valence-electron chi connectivity index (χ2n) is 9.34. The fourth-order valence-electron chi connectivity index (χ4n) is 5.04. The molecule has 0 saturated carbocycles. The number of halogens is 1. The Morgan fingerprint density at radius 2 is 1.66 bits per heavy atom. The van der Waals surface area contributed by atoms with Crippen molar-refractivity contribution in [1.82, 2.24) is 14.9 Å². The van der Waals surface area contributed by atoms with Crippen LogP contribution in [0.25, 0.3) is 0 Å². The third kappa shape index (κ3) is 5.51. The van der Waals surface area contributed by atoms with E-state index in [1.165, 1.54) is 5.56 Å². The second-order valence-corrected chi connectivity index (χ2v) is 9.77. The van der Waals surface area contributed by atoms with Crippen molar-refractivity contribution in [2.24, 2.45) is 0 Å². The Morgan fingerprint density at radius 3 is 2.34 bits per heavy atom. The van der Waals surface area contributed by atoms with Gasteiger partial charge in [-0.2, -0.15) is 0 Å². The van der Waals surface area contributed by atoms with Crippen molar-refractivity contribution in [3.63, 3.8) is 0 Å². The van der Waals surface area contributed by atoms with Crippen LogP contribution in [0.4, 0.5) is 22.1 Å². The highest BCUT2D eigenvalue weighted by Crippen LogP contribution is 2.30. The minimum atomic E-state index is -0.0296. The van der Waals surface area contributed by atoms with Crippen LogP contribution in [-0.4, -0.2) is 60.2 Å². The fourth-order valence-corrected chi connectivity index (χ4v) is 5.16. The van der Waals surface area contributed by atoms with Crippen LogP contribution in [0.3, 0.4) is 0 Å². The van der Waals surface area contributed by atoms with E-state index in [0.29, 0.717) is 12.0 Å². The summed E-state index contributed by atoms with van der Waals surface area (Å²) in [6.45, 7) is 3.41. The number of hydrogen-bond donors (Lipinski definition) is 1. The third-order valence-electron chi connectivity index (χ3n) is 7.19. The molecule has 2 fully saturated rings. The van der Waals surface area contributed by atoms with Gasteiger partial charge in [0.2, 0.25) is 5.95 Å². The number of nitrogens with zero attached hydrogens (tertiary/aromatic N) is 5. The van der Waals surface area contributed by atoms with Gasteiger partial charge in [-0.05, 0) is 73.2 Å². The lowest BCUT2D eigenvalue weighted by Crippen LogP contribution is -2.40. The molecule has 2 aliphatic rings. The molecule has 0 bridgehead atoms. The zero-order valence-electron chi connectivity index (χ0n) is 20.0. The Balaban J connectivity index is 1.11. The van der Waals surface area contributed by atoms with Gasteiger partial charge in [0.1, 0.15) is 0 Å². The molecule has 3 heterocycles. The van der Waals surface area contributed by atoms with E-state index >= 15 is 0 Å². The summed E-state index contributed by atoms with van der Waals surface area (Å²) in [5.41, 5.74) is 3.29. The normalized spacial score (nSPS) is 18.5. The molecule has 8 heteroatoms. The van der Waals surface area contributed by atoms with E-state index in [2.05, 4.69) is 56.4 Å². The molecule has 0 aliphatic carbocycles. The highest BCUT2D eigenvalue weighted by molar-refractivity contribution is 6.30. The molecule has 35 heavy (non-hydrogen) atoms. The van der Waals surface area contributed by atoms with Gasteiger partial charge in [0.15, 0.2) is 0 Å². The zero-order chi connectivity index (χ0) is 24.2. The van der Waals surface area contributed by atoms with E-state index in [-0.39, 0.29) is 6.03 Å². The maximum atomic E-state index is 12.8. The largest absolute Gasteiger partial charge is 0.369 e. The van der Waals surface area contributed by atoms with Crippen LogP contribution in [0.2, 0.25) is 5.02 Å². The average molecular weight is 491 g/mol. The molecular weight excluding hydrogens is 460 g/mol.